The number of para-hydroxylation sites is 1. The number of carbonyl (C=O) groups excluding carboxylic acids is 2. The molecule has 1 unspecified atom stereocenters. The third-order valence-corrected chi connectivity index (χ3v) is 8.07. The van der Waals surface area contributed by atoms with Gasteiger partial charge in [0.15, 0.2) is 0 Å². The molecule has 0 bridgehead atoms. The Balaban J connectivity index is 1.13. The van der Waals surface area contributed by atoms with Crippen LogP contribution >= 0.6 is 0 Å². The third-order valence-electron chi connectivity index (χ3n) is 8.07. The van der Waals surface area contributed by atoms with Gasteiger partial charge >= 0.3 is 0 Å². The van der Waals surface area contributed by atoms with Crippen molar-refractivity contribution in [1.29, 1.82) is 0 Å². The Labute approximate surface area is 207 Å². The molecule has 1 aromatic heterocycles. The first-order valence-electron chi connectivity index (χ1n) is 13.0. The van der Waals surface area contributed by atoms with E-state index in [4.69, 9.17) is 5.73 Å². The van der Waals surface area contributed by atoms with Gasteiger partial charge in [-0.25, -0.2) is 0 Å². The summed E-state index contributed by atoms with van der Waals surface area (Å²) >= 11 is 0. The molecule has 3 aromatic rings. The van der Waals surface area contributed by atoms with Crippen LogP contribution in [0.15, 0.2) is 60.8 Å². The fourth-order valence-electron chi connectivity index (χ4n) is 6.07. The summed E-state index contributed by atoms with van der Waals surface area (Å²) in [4.78, 5) is 30.5. The van der Waals surface area contributed by atoms with E-state index in [2.05, 4.69) is 40.8 Å². The number of carbonyl (C=O) groups is 2. The lowest BCUT2D eigenvalue weighted by Gasteiger charge is -2.38. The molecule has 2 aliphatic rings. The van der Waals surface area contributed by atoms with Gasteiger partial charge in [0.2, 0.25) is 11.8 Å². The number of piperidine rings is 1. The molecule has 2 heterocycles. The lowest BCUT2D eigenvalue weighted by molar-refractivity contribution is -0.132. The highest BCUT2D eigenvalue weighted by atomic mass is 16.2. The van der Waals surface area contributed by atoms with Gasteiger partial charge in [-0.15, -0.1) is 0 Å². The minimum absolute atomic E-state index is 0.161. The van der Waals surface area contributed by atoms with Crippen molar-refractivity contribution in [3.63, 3.8) is 0 Å². The van der Waals surface area contributed by atoms with Crippen LogP contribution in [-0.4, -0.2) is 46.9 Å². The van der Waals surface area contributed by atoms with Crippen LogP contribution in [0.1, 0.15) is 55.6 Å². The molecule has 1 saturated heterocycles. The quantitative estimate of drug-likeness (QED) is 0.483. The first-order valence-corrected chi connectivity index (χ1v) is 13.0. The molecule has 1 saturated carbocycles. The Hall–Kier alpha value is -3.12. The number of likely N-dealkylation sites (tertiary alicyclic amines) is 1. The molecule has 1 aliphatic heterocycles. The molecule has 1 aliphatic carbocycles. The molecule has 0 radical (unpaired) electrons. The minimum atomic E-state index is -0.323. The maximum absolute atomic E-state index is 12.7. The molecule has 35 heavy (non-hydrogen) atoms. The number of hydrogen-bond donors (Lipinski definition) is 3. The number of nitrogens with two attached hydrogens (primary N) is 1. The van der Waals surface area contributed by atoms with Crippen LogP contribution in [0.3, 0.4) is 0 Å². The maximum Gasteiger partial charge on any atom is 0.234 e. The maximum atomic E-state index is 12.7. The summed E-state index contributed by atoms with van der Waals surface area (Å²) in [5.41, 5.74) is 9.52. The lowest BCUT2D eigenvalue weighted by atomic mass is 9.80. The molecular formula is C29H36N4O2. The van der Waals surface area contributed by atoms with Gasteiger partial charge in [-0.1, -0.05) is 48.5 Å². The second kappa shape index (κ2) is 10.6. The van der Waals surface area contributed by atoms with E-state index < -0.39 is 0 Å². The summed E-state index contributed by atoms with van der Waals surface area (Å²) < 4.78 is 0. The summed E-state index contributed by atoms with van der Waals surface area (Å²) in [6.45, 7) is 1.38. The van der Waals surface area contributed by atoms with Crippen LogP contribution in [0.5, 0.6) is 0 Å². The number of amides is 2. The van der Waals surface area contributed by atoms with Crippen LogP contribution < -0.4 is 11.1 Å². The Morgan fingerprint density at radius 2 is 1.63 bits per heavy atom. The van der Waals surface area contributed by atoms with Gasteiger partial charge in [-0.2, -0.15) is 0 Å². The van der Waals surface area contributed by atoms with E-state index >= 15 is 0 Å². The van der Waals surface area contributed by atoms with Crippen molar-refractivity contribution < 1.29 is 9.59 Å². The van der Waals surface area contributed by atoms with Crippen molar-refractivity contribution in [3.05, 3.63) is 71.9 Å². The number of primary amides is 1. The van der Waals surface area contributed by atoms with Crippen LogP contribution in [0.4, 0.5) is 0 Å². The standard InChI is InChI=1S/C29H36N4O2/c30-29(35)28(22-14-16-33(17-15-22)27(34)18-20-6-2-1-3-7-20)32-23-12-10-21(11-13-23)25-19-31-26-9-5-4-8-24(25)26/h1-9,19,21-23,28,31-32H,10-18H2,(H2,30,35). The Morgan fingerprint density at radius 3 is 2.34 bits per heavy atom. The van der Waals surface area contributed by atoms with Gasteiger partial charge in [0.1, 0.15) is 0 Å². The van der Waals surface area contributed by atoms with E-state index in [1.807, 2.05) is 35.2 Å². The highest BCUT2D eigenvalue weighted by Crippen LogP contribution is 2.37. The van der Waals surface area contributed by atoms with Crippen molar-refractivity contribution in [2.45, 2.75) is 62.9 Å². The second-order valence-electron chi connectivity index (χ2n) is 10.3. The molecule has 2 fully saturated rings. The average molecular weight is 473 g/mol. The molecule has 2 amide bonds. The summed E-state index contributed by atoms with van der Waals surface area (Å²) in [7, 11) is 0. The Kier molecular flexibility index (Phi) is 7.19. The largest absolute Gasteiger partial charge is 0.368 e. The number of fused-ring (bicyclic) bond motifs is 1. The van der Waals surface area contributed by atoms with E-state index in [-0.39, 0.29) is 23.8 Å². The zero-order chi connectivity index (χ0) is 24.2. The van der Waals surface area contributed by atoms with Crippen molar-refractivity contribution in [2.75, 3.05) is 13.1 Å². The fraction of sp³-hybridized carbons (Fsp3) is 0.448. The van der Waals surface area contributed by atoms with E-state index in [0.29, 0.717) is 31.5 Å². The van der Waals surface area contributed by atoms with Crippen LogP contribution in [0.2, 0.25) is 0 Å². The highest BCUT2D eigenvalue weighted by Gasteiger charge is 2.34. The first-order chi connectivity index (χ1) is 17.1. The van der Waals surface area contributed by atoms with Crippen LogP contribution in [0, 0.1) is 5.92 Å². The molecule has 5 rings (SSSR count). The molecule has 4 N–H and O–H groups in total. The predicted octanol–water partition coefficient (Wildman–Crippen LogP) is 4.12. The van der Waals surface area contributed by atoms with Gasteiger partial charge in [0.05, 0.1) is 12.5 Å². The molecular weight excluding hydrogens is 436 g/mol. The molecule has 0 spiro atoms. The zero-order valence-electron chi connectivity index (χ0n) is 20.3. The lowest BCUT2D eigenvalue weighted by Crippen LogP contribution is -2.54. The third kappa shape index (κ3) is 5.43. The highest BCUT2D eigenvalue weighted by molar-refractivity contribution is 5.83. The monoisotopic (exact) mass is 472 g/mol. The summed E-state index contributed by atoms with van der Waals surface area (Å²) in [5, 5.41) is 4.95. The SMILES string of the molecule is NC(=O)C(NC1CCC(c2c[nH]c3ccccc23)CC1)C1CCN(C(=O)Cc2ccccc2)CC1. The first kappa shape index (κ1) is 23.6. The second-order valence-corrected chi connectivity index (χ2v) is 10.3. The van der Waals surface area contributed by atoms with E-state index in [1.54, 1.807) is 0 Å². The van der Waals surface area contributed by atoms with Crippen molar-refractivity contribution in [3.8, 4) is 0 Å². The van der Waals surface area contributed by atoms with Gasteiger partial charge in [-0.3, -0.25) is 9.59 Å². The Morgan fingerprint density at radius 1 is 0.943 bits per heavy atom. The smallest absolute Gasteiger partial charge is 0.234 e. The molecule has 6 heteroatoms. The number of aromatic amines is 1. The minimum Gasteiger partial charge on any atom is -0.368 e. The summed E-state index contributed by atoms with van der Waals surface area (Å²) in [5.74, 6) is 0.626. The number of hydrogen-bond acceptors (Lipinski definition) is 3. The molecule has 184 valence electrons. The van der Waals surface area contributed by atoms with Gasteiger partial charge < -0.3 is 20.9 Å². The molecule has 2 aromatic carbocycles. The predicted molar refractivity (Wildman–Crippen MR) is 139 cm³/mol. The van der Waals surface area contributed by atoms with E-state index in [9.17, 15) is 9.59 Å². The van der Waals surface area contributed by atoms with E-state index in [0.717, 1.165) is 44.1 Å². The number of benzene rings is 2. The van der Waals surface area contributed by atoms with Crippen molar-refractivity contribution in [1.82, 2.24) is 15.2 Å². The van der Waals surface area contributed by atoms with Crippen molar-refractivity contribution in [2.24, 2.45) is 11.7 Å². The normalized spacial score (nSPS) is 22.2. The van der Waals surface area contributed by atoms with Gasteiger partial charge in [0, 0.05) is 36.2 Å². The fourth-order valence-corrected chi connectivity index (χ4v) is 6.07. The molecule has 1 atom stereocenters. The van der Waals surface area contributed by atoms with Gasteiger partial charge in [0.25, 0.3) is 0 Å². The van der Waals surface area contributed by atoms with Crippen molar-refractivity contribution >= 4 is 22.7 Å². The van der Waals surface area contributed by atoms with E-state index in [1.165, 1.54) is 16.5 Å². The number of H-pyrrole nitrogens is 1. The topological polar surface area (TPSA) is 91.2 Å². The number of nitrogens with one attached hydrogen (secondary N) is 2. The Bertz CT molecular complexity index is 1140. The van der Waals surface area contributed by atoms with Crippen LogP contribution in [0.25, 0.3) is 10.9 Å². The zero-order valence-corrected chi connectivity index (χ0v) is 20.3. The summed E-state index contributed by atoms with van der Waals surface area (Å²) in [6.07, 6.45) is 8.53. The van der Waals surface area contributed by atoms with Crippen LogP contribution in [-0.2, 0) is 16.0 Å². The number of aromatic nitrogens is 1. The molecule has 6 nitrogen and oxygen atoms in total. The van der Waals surface area contributed by atoms with Gasteiger partial charge in [-0.05, 0) is 67.6 Å². The summed E-state index contributed by atoms with van der Waals surface area (Å²) in [6, 6.07) is 18.4. The number of nitrogens with zero attached hydrogens (tertiary/aromatic N) is 1. The number of rotatable bonds is 7. The average Bonchev–Trinajstić information content (AvgIpc) is 3.32.